The fourth-order valence-electron chi connectivity index (χ4n) is 1.71. The predicted octanol–water partition coefficient (Wildman–Crippen LogP) is 3.28. The topological polar surface area (TPSA) is 75.4 Å². The van der Waals surface area contributed by atoms with E-state index in [9.17, 15) is 9.90 Å². The van der Waals surface area contributed by atoms with Crippen molar-refractivity contribution in [1.82, 2.24) is 4.98 Å². The molecule has 0 aliphatic heterocycles. The average molecular weight is 274 g/mol. The Morgan fingerprint density at radius 3 is 2.70 bits per heavy atom. The molecular formula is C15H18N2O3. The van der Waals surface area contributed by atoms with E-state index in [2.05, 4.69) is 10.3 Å². The predicted molar refractivity (Wildman–Crippen MR) is 75.9 cm³/mol. The molecule has 0 aliphatic rings. The molecule has 20 heavy (non-hydrogen) atoms. The number of carboxylic acid groups (broad SMARTS) is 1. The third-order valence-corrected chi connectivity index (χ3v) is 2.89. The van der Waals surface area contributed by atoms with Gasteiger partial charge in [-0.3, -0.25) is 0 Å². The van der Waals surface area contributed by atoms with Gasteiger partial charge in [-0.05, 0) is 18.2 Å². The zero-order valence-electron chi connectivity index (χ0n) is 11.8. The van der Waals surface area contributed by atoms with Crippen LogP contribution >= 0.6 is 0 Å². The molecule has 2 heterocycles. The second-order valence-electron chi connectivity index (χ2n) is 5.67. The van der Waals surface area contributed by atoms with Gasteiger partial charge in [0, 0.05) is 23.2 Å². The van der Waals surface area contributed by atoms with Crippen molar-refractivity contribution >= 4 is 11.8 Å². The van der Waals surface area contributed by atoms with Gasteiger partial charge >= 0.3 is 5.97 Å². The van der Waals surface area contributed by atoms with Crippen molar-refractivity contribution in [2.75, 3.05) is 5.32 Å². The Labute approximate surface area is 117 Å². The second kappa shape index (κ2) is 5.36. The molecule has 0 bridgehead atoms. The highest BCUT2D eigenvalue weighted by molar-refractivity contribution is 5.88. The largest absolute Gasteiger partial charge is 0.478 e. The van der Waals surface area contributed by atoms with Crippen molar-refractivity contribution in [3.63, 3.8) is 0 Å². The van der Waals surface area contributed by atoms with E-state index in [1.54, 1.807) is 18.6 Å². The molecule has 0 radical (unpaired) electrons. The number of anilines is 1. The highest BCUT2D eigenvalue weighted by atomic mass is 16.4. The van der Waals surface area contributed by atoms with Crippen molar-refractivity contribution in [1.29, 1.82) is 0 Å². The van der Waals surface area contributed by atoms with Crippen LogP contribution in [0.1, 0.15) is 42.4 Å². The van der Waals surface area contributed by atoms with Gasteiger partial charge in [0.15, 0.2) is 0 Å². The summed E-state index contributed by atoms with van der Waals surface area (Å²) < 4.78 is 4.99. The van der Waals surface area contributed by atoms with Gasteiger partial charge in [-0.25, -0.2) is 9.78 Å². The molecule has 0 saturated carbocycles. The Hall–Kier alpha value is -2.30. The highest BCUT2D eigenvalue weighted by Crippen LogP contribution is 2.23. The van der Waals surface area contributed by atoms with Crippen molar-refractivity contribution in [2.45, 2.75) is 32.7 Å². The van der Waals surface area contributed by atoms with Crippen molar-refractivity contribution in [3.8, 4) is 0 Å². The summed E-state index contributed by atoms with van der Waals surface area (Å²) in [6, 6.07) is 5.00. The summed E-state index contributed by atoms with van der Waals surface area (Å²) in [5.74, 6) is -0.403. The van der Waals surface area contributed by atoms with E-state index in [0.717, 1.165) is 11.3 Å². The number of pyridine rings is 1. The molecule has 0 aromatic carbocycles. The van der Waals surface area contributed by atoms with E-state index < -0.39 is 5.97 Å². The lowest BCUT2D eigenvalue weighted by molar-refractivity contribution is 0.0696. The number of furan rings is 1. The molecule has 106 valence electrons. The minimum Gasteiger partial charge on any atom is -0.478 e. The third-order valence-electron chi connectivity index (χ3n) is 2.89. The normalized spacial score (nSPS) is 11.3. The van der Waals surface area contributed by atoms with Gasteiger partial charge in [0.25, 0.3) is 0 Å². The molecule has 2 aromatic rings. The molecule has 5 nitrogen and oxygen atoms in total. The zero-order valence-corrected chi connectivity index (χ0v) is 11.8. The van der Waals surface area contributed by atoms with Crippen molar-refractivity contribution < 1.29 is 14.3 Å². The summed E-state index contributed by atoms with van der Waals surface area (Å²) >= 11 is 0. The molecule has 0 atom stereocenters. The van der Waals surface area contributed by atoms with Gasteiger partial charge in [0.05, 0.1) is 18.1 Å². The summed E-state index contributed by atoms with van der Waals surface area (Å²) in [5.41, 5.74) is 1.74. The standard InChI is InChI=1S/C15H18N2O3/c1-15(2,3)12-6-11(14(18)19)7-13(17-12)16-8-10-4-5-20-9-10/h4-7,9H,8H2,1-3H3,(H,16,17)(H,18,19). The average Bonchev–Trinajstić information content (AvgIpc) is 2.88. The summed E-state index contributed by atoms with van der Waals surface area (Å²) in [6.45, 7) is 6.54. The van der Waals surface area contributed by atoms with Crippen LogP contribution in [0, 0.1) is 0 Å². The lowest BCUT2D eigenvalue weighted by Gasteiger charge is -2.19. The van der Waals surface area contributed by atoms with Crippen LogP contribution in [0.15, 0.2) is 35.1 Å². The molecule has 0 aliphatic carbocycles. The van der Waals surface area contributed by atoms with Crippen LogP contribution in [0.25, 0.3) is 0 Å². The molecule has 5 heteroatoms. The monoisotopic (exact) mass is 274 g/mol. The van der Waals surface area contributed by atoms with Gasteiger partial charge in [0.1, 0.15) is 5.82 Å². The molecular weight excluding hydrogens is 256 g/mol. The van der Waals surface area contributed by atoms with Gasteiger partial charge in [-0.2, -0.15) is 0 Å². The Balaban J connectivity index is 2.27. The first-order valence-electron chi connectivity index (χ1n) is 6.37. The molecule has 2 rings (SSSR count). The van der Waals surface area contributed by atoms with Crippen molar-refractivity contribution in [2.24, 2.45) is 0 Å². The maximum atomic E-state index is 11.2. The van der Waals surface area contributed by atoms with Gasteiger partial charge in [-0.15, -0.1) is 0 Å². The highest BCUT2D eigenvalue weighted by Gasteiger charge is 2.19. The molecule has 0 fully saturated rings. The van der Waals surface area contributed by atoms with Gasteiger partial charge in [-0.1, -0.05) is 20.8 Å². The quantitative estimate of drug-likeness (QED) is 0.894. The van der Waals surface area contributed by atoms with Crippen LogP contribution in [0.4, 0.5) is 5.82 Å². The summed E-state index contributed by atoms with van der Waals surface area (Å²) in [5, 5.41) is 12.3. The van der Waals surface area contributed by atoms with E-state index in [1.807, 2.05) is 26.8 Å². The van der Waals surface area contributed by atoms with Crippen LogP contribution in [-0.4, -0.2) is 16.1 Å². The number of rotatable bonds is 4. The summed E-state index contributed by atoms with van der Waals surface area (Å²) in [6.07, 6.45) is 3.23. The number of carbonyl (C=O) groups is 1. The first-order valence-corrected chi connectivity index (χ1v) is 6.37. The summed E-state index contributed by atoms with van der Waals surface area (Å²) in [7, 11) is 0. The fourth-order valence-corrected chi connectivity index (χ4v) is 1.71. The number of aromatic nitrogens is 1. The number of hydrogen-bond acceptors (Lipinski definition) is 4. The molecule has 0 unspecified atom stereocenters. The van der Waals surface area contributed by atoms with Crippen LogP contribution < -0.4 is 5.32 Å². The third kappa shape index (κ3) is 3.38. The smallest absolute Gasteiger partial charge is 0.335 e. The van der Waals surface area contributed by atoms with E-state index >= 15 is 0 Å². The first-order chi connectivity index (χ1) is 9.36. The molecule has 2 N–H and O–H groups in total. The lowest BCUT2D eigenvalue weighted by atomic mass is 9.91. The summed E-state index contributed by atoms with van der Waals surface area (Å²) in [4.78, 5) is 15.7. The minimum atomic E-state index is -0.954. The zero-order chi connectivity index (χ0) is 14.8. The van der Waals surface area contributed by atoms with Crippen LogP contribution in [-0.2, 0) is 12.0 Å². The number of carboxylic acids is 1. The maximum Gasteiger partial charge on any atom is 0.335 e. The lowest BCUT2D eigenvalue weighted by Crippen LogP contribution is -2.16. The Morgan fingerprint density at radius 2 is 2.15 bits per heavy atom. The number of nitrogens with zero attached hydrogens (tertiary/aromatic N) is 1. The Morgan fingerprint density at radius 1 is 1.40 bits per heavy atom. The maximum absolute atomic E-state index is 11.2. The first kappa shape index (κ1) is 14.1. The molecule has 0 amide bonds. The van der Waals surface area contributed by atoms with E-state index in [0.29, 0.717) is 12.4 Å². The number of aromatic carboxylic acids is 1. The SMILES string of the molecule is CC(C)(C)c1cc(C(=O)O)cc(NCc2ccoc2)n1. The fraction of sp³-hybridized carbons (Fsp3) is 0.333. The van der Waals surface area contributed by atoms with Gasteiger partial charge in [0.2, 0.25) is 0 Å². The molecule has 0 saturated heterocycles. The van der Waals surface area contributed by atoms with Crippen LogP contribution in [0.5, 0.6) is 0 Å². The molecule has 2 aromatic heterocycles. The number of nitrogens with one attached hydrogen (secondary N) is 1. The minimum absolute atomic E-state index is 0.211. The van der Waals surface area contributed by atoms with Gasteiger partial charge < -0.3 is 14.8 Å². The van der Waals surface area contributed by atoms with Crippen molar-refractivity contribution in [3.05, 3.63) is 47.5 Å². The molecule has 0 spiro atoms. The number of hydrogen-bond donors (Lipinski definition) is 2. The van der Waals surface area contributed by atoms with E-state index in [-0.39, 0.29) is 11.0 Å². The van der Waals surface area contributed by atoms with E-state index in [1.165, 1.54) is 6.07 Å². The van der Waals surface area contributed by atoms with E-state index in [4.69, 9.17) is 4.42 Å². The second-order valence-corrected chi connectivity index (χ2v) is 5.67. The Kier molecular flexibility index (Phi) is 3.79. The van der Waals surface area contributed by atoms with Crippen LogP contribution in [0.3, 0.4) is 0 Å². The Bertz CT molecular complexity index is 598. The van der Waals surface area contributed by atoms with Crippen LogP contribution in [0.2, 0.25) is 0 Å².